The molecule has 0 saturated carbocycles. The summed E-state index contributed by atoms with van der Waals surface area (Å²) >= 11 is 0. The van der Waals surface area contributed by atoms with Gasteiger partial charge in [0.15, 0.2) is 6.29 Å². The molecule has 5 heteroatoms. The molecule has 1 rings (SSSR count). The zero-order chi connectivity index (χ0) is 16.8. The number of hydrogen-bond donors (Lipinski definition) is 0. The van der Waals surface area contributed by atoms with Gasteiger partial charge < -0.3 is 18.7 Å². The molecule has 0 aromatic carbocycles. The first-order chi connectivity index (χ1) is 10.4. The molecule has 0 bridgehead atoms. The van der Waals surface area contributed by atoms with E-state index < -0.39 is 8.32 Å². The molecule has 0 N–H and O–H groups in total. The van der Waals surface area contributed by atoms with E-state index in [1.807, 2.05) is 0 Å². The molecule has 0 spiro atoms. The lowest BCUT2D eigenvalue weighted by Crippen LogP contribution is -2.54. The summed E-state index contributed by atoms with van der Waals surface area (Å²) in [4.78, 5) is 10.5. The lowest BCUT2D eigenvalue weighted by atomic mass is 10.1. The molecule has 4 nitrogen and oxygen atoms in total. The smallest absolute Gasteiger partial charge is 0.201 e. The highest BCUT2D eigenvalue weighted by molar-refractivity contribution is 6.77. The predicted molar refractivity (Wildman–Crippen MR) is 91.5 cm³/mol. The summed E-state index contributed by atoms with van der Waals surface area (Å²) in [7, 11) is -1.93. The van der Waals surface area contributed by atoms with Crippen molar-refractivity contribution in [2.75, 3.05) is 13.2 Å². The molecule has 0 aliphatic carbocycles. The third-order valence-electron chi connectivity index (χ3n) is 4.80. The highest BCUT2D eigenvalue weighted by Crippen LogP contribution is 2.44. The summed E-state index contributed by atoms with van der Waals surface area (Å²) in [6.07, 6.45) is 2.96. The van der Waals surface area contributed by atoms with Crippen LogP contribution in [0.3, 0.4) is 0 Å². The molecule has 130 valence electrons. The highest BCUT2D eigenvalue weighted by atomic mass is 28.4. The third kappa shape index (κ3) is 4.63. The van der Waals surface area contributed by atoms with Gasteiger partial charge in [-0.3, -0.25) is 0 Å². The van der Waals surface area contributed by atoms with Crippen LogP contribution in [0.1, 0.15) is 60.8 Å². The molecule has 1 saturated heterocycles. The number of carbonyl (C=O) groups is 1. The number of rotatable bonds is 9. The quantitative estimate of drug-likeness (QED) is 0.359. The fraction of sp³-hybridized carbons (Fsp3) is 0.941. The van der Waals surface area contributed by atoms with Gasteiger partial charge >= 0.3 is 0 Å². The molecule has 0 aromatic rings. The Morgan fingerprint density at radius 1 is 1.14 bits per heavy atom. The van der Waals surface area contributed by atoms with Crippen LogP contribution < -0.4 is 0 Å². The lowest BCUT2D eigenvalue weighted by molar-refractivity contribution is -0.210. The summed E-state index contributed by atoms with van der Waals surface area (Å²) in [5.41, 5.74) is 1.64. The van der Waals surface area contributed by atoms with Gasteiger partial charge in [-0.05, 0) is 29.5 Å². The van der Waals surface area contributed by atoms with Gasteiger partial charge in [0.05, 0.1) is 12.7 Å². The Balaban J connectivity index is 2.86. The van der Waals surface area contributed by atoms with Crippen molar-refractivity contribution in [3.63, 3.8) is 0 Å². The second-order valence-corrected chi connectivity index (χ2v) is 12.6. The van der Waals surface area contributed by atoms with E-state index in [1.54, 1.807) is 0 Å². The minimum Gasteiger partial charge on any atom is -0.408 e. The molecule has 0 unspecified atom stereocenters. The zero-order valence-electron chi connectivity index (χ0n) is 15.1. The molecule has 1 fully saturated rings. The van der Waals surface area contributed by atoms with Gasteiger partial charge in [0.2, 0.25) is 8.32 Å². The topological polar surface area (TPSA) is 44.8 Å². The molecule has 22 heavy (non-hydrogen) atoms. The van der Waals surface area contributed by atoms with E-state index in [0.29, 0.717) is 36.3 Å². The van der Waals surface area contributed by atoms with E-state index in [2.05, 4.69) is 41.5 Å². The van der Waals surface area contributed by atoms with Crippen molar-refractivity contribution >= 4 is 14.6 Å². The summed E-state index contributed by atoms with van der Waals surface area (Å²) in [5, 5.41) is 0. The monoisotopic (exact) mass is 330 g/mol. The van der Waals surface area contributed by atoms with E-state index in [9.17, 15) is 4.79 Å². The fourth-order valence-electron chi connectivity index (χ4n) is 3.90. The fourth-order valence-corrected chi connectivity index (χ4v) is 9.47. The van der Waals surface area contributed by atoms with Crippen LogP contribution in [0.5, 0.6) is 0 Å². The highest BCUT2D eigenvalue weighted by Gasteiger charge is 2.48. The SMILES string of the molecule is CC(C)[Si](O[C@H]1CCCO[C@@H]1OCCC=O)(C(C)C)C(C)C. The van der Waals surface area contributed by atoms with Gasteiger partial charge in [0, 0.05) is 13.0 Å². The predicted octanol–water partition coefficient (Wildman–Crippen LogP) is 4.29. The Labute approximate surface area is 137 Å². The molecule has 1 aliphatic heterocycles. The number of aldehydes is 1. The average Bonchev–Trinajstić information content (AvgIpc) is 2.45. The third-order valence-corrected chi connectivity index (χ3v) is 10.9. The van der Waals surface area contributed by atoms with Crippen LogP contribution in [0.25, 0.3) is 0 Å². The molecule has 0 radical (unpaired) electrons. The van der Waals surface area contributed by atoms with E-state index in [0.717, 1.165) is 19.1 Å². The van der Waals surface area contributed by atoms with Crippen LogP contribution in [0.4, 0.5) is 0 Å². The maximum Gasteiger partial charge on any atom is 0.201 e. The van der Waals surface area contributed by atoms with Crippen LogP contribution >= 0.6 is 0 Å². The minimum atomic E-state index is -1.93. The second kappa shape index (κ2) is 9.16. The second-order valence-electron chi connectivity index (χ2n) is 7.18. The van der Waals surface area contributed by atoms with Crippen molar-refractivity contribution in [2.24, 2.45) is 0 Å². The van der Waals surface area contributed by atoms with Crippen molar-refractivity contribution in [3.8, 4) is 0 Å². The standard InChI is InChI=1S/C17H34O4Si/c1-13(2)22(14(3)4,15(5)6)21-16-9-7-11-19-17(16)20-12-8-10-18/h10,13-17H,7-9,11-12H2,1-6H3/t16-,17+/m0/s1. The normalized spacial score (nSPS) is 23.5. The first-order valence-corrected chi connectivity index (χ1v) is 10.8. The maximum atomic E-state index is 10.5. The molecular formula is C17H34O4Si. The van der Waals surface area contributed by atoms with Crippen molar-refractivity contribution in [1.82, 2.24) is 0 Å². The van der Waals surface area contributed by atoms with Crippen LogP contribution in [0.2, 0.25) is 16.6 Å². The summed E-state index contributed by atoms with van der Waals surface area (Å²) < 4.78 is 18.4. The molecule has 0 amide bonds. The minimum absolute atomic E-state index is 0.000677. The molecule has 2 atom stereocenters. The first kappa shape index (κ1) is 19.8. The Morgan fingerprint density at radius 3 is 2.23 bits per heavy atom. The number of hydrogen-bond acceptors (Lipinski definition) is 4. The average molecular weight is 331 g/mol. The maximum absolute atomic E-state index is 10.5. The van der Waals surface area contributed by atoms with Gasteiger partial charge in [-0.1, -0.05) is 41.5 Å². The Bertz CT molecular complexity index is 309. The van der Waals surface area contributed by atoms with Gasteiger partial charge in [0.25, 0.3) is 0 Å². The van der Waals surface area contributed by atoms with Gasteiger partial charge in [0.1, 0.15) is 6.29 Å². The van der Waals surface area contributed by atoms with Gasteiger partial charge in [-0.2, -0.15) is 0 Å². The van der Waals surface area contributed by atoms with Crippen LogP contribution in [0, 0.1) is 0 Å². The molecule has 1 aliphatic rings. The Hall–Kier alpha value is -0.233. The summed E-state index contributed by atoms with van der Waals surface area (Å²) in [5.74, 6) is 0. The van der Waals surface area contributed by atoms with Crippen LogP contribution in [0.15, 0.2) is 0 Å². The van der Waals surface area contributed by atoms with Crippen molar-refractivity contribution < 1.29 is 18.7 Å². The van der Waals surface area contributed by atoms with E-state index in [1.165, 1.54) is 0 Å². The molecular weight excluding hydrogens is 296 g/mol. The Kier molecular flexibility index (Phi) is 8.25. The van der Waals surface area contributed by atoms with Crippen molar-refractivity contribution in [3.05, 3.63) is 0 Å². The van der Waals surface area contributed by atoms with Crippen LogP contribution in [-0.4, -0.2) is 40.2 Å². The van der Waals surface area contributed by atoms with Gasteiger partial charge in [-0.15, -0.1) is 0 Å². The lowest BCUT2D eigenvalue weighted by Gasteiger charge is -2.46. The van der Waals surface area contributed by atoms with E-state index in [-0.39, 0.29) is 12.4 Å². The van der Waals surface area contributed by atoms with Gasteiger partial charge in [-0.25, -0.2) is 0 Å². The van der Waals surface area contributed by atoms with E-state index in [4.69, 9.17) is 13.9 Å². The number of carbonyl (C=O) groups excluding carboxylic acids is 1. The molecule has 0 aromatic heterocycles. The number of ether oxygens (including phenoxy) is 2. The molecule has 1 heterocycles. The van der Waals surface area contributed by atoms with Crippen LogP contribution in [-0.2, 0) is 18.7 Å². The van der Waals surface area contributed by atoms with Crippen molar-refractivity contribution in [1.29, 1.82) is 0 Å². The van der Waals surface area contributed by atoms with E-state index >= 15 is 0 Å². The zero-order valence-corrected chi connectivity index (χ0v) is 16.1. The Morgan fingerprint density at radius 2 is 1.73 bits per heavy atom. The largest absolute Gasteiger partial charge is 0.408 e. The summed E-state index contributed by atoms with van der Waals surface area (Å²) in [6, 6.07) is 0. The van der Waals surface area contributed by atoms with Crippen molar-refractivity contribution in [2.45, 2.75) is 89.8 Å². The first-order valence-electron chi connectivity index (χ1n) is 8.70. The summed E-state index contributed by atoms with van der Waals surface area (Å²) in [6.45, 7) is 14.9.